The van der Waals surface area contributed by atoms with Crippen molar-refractivity contribution in [3.05, 3.63) is 170 Å². The summed E-state index contributed by atoms with van der Waals surface area (Å²) >= 11 is 0. The van der Waals surface area contributed by atoms with Crippen LogP contribution in [0.15, 0.2) is 174 Å². The molecule has 0 radical (unpaired) electrons. The minimum atomic E-state index is 0.598. The fourth-order valence-electron chi connectivity index (χ4n) is 7.22. The smallest absolute Gasteiger partial charge is 0.164 e. The van der Waals surface area contributed by atoms with E-state index in [0.717, 1.165) is 61.0 Å². The van der Waals surface area contributed by atoms with Crippen LogP contribution >= 0.6 is 0 Å². The average molecular weight is 641 g/mol. The van der Waals surface area contributed by atoms with E-state index in [4.69, 9.17) is 19.4 Å². The van der Waals surface area contributed by atoms with Gasteiger partial charge in [-0.1, -0.05) is 133 Å². The molecule has 10 rings (SSSR count). The Kier molecular flexibility index (Phi) is 6.42. The molecule has 0 fully saturated rings. The molecule has 50 heavy (non-hydrogen) atoms. The van der Waals surface area contributed by atoms with E-state index in [0.29, 0.717) is 17.5 Å². The molecule has 0 aliphatic carbocycles. The molecule has 0 N–H and O–H groups in total. The Morgan fingerprint density at radius 1 is 0.380 bits per heavy atom. The van der Waals surface area contributed by atoms with E-state index in [1.165, 1.54) is 16.3 Å². The molecule has 7 aromatic carbocycles. The topological polar surface area (TPSA) is 56.7 Å². The van der Waals surface area contributed by atoms with Crippen molar-refractivity contribution in [2.75, 3.05) is 0 Å². The molecule has 0 bridgehead atoms. The summed E-state index contributed by atoms with van der Waals surface area (Å²) in [6, 6.07) is 58.5. The summed E-state index contributed by atoms with van der Waals surface area (Å²) in [6.45, 7) is 0. The molecule has 5 nitrogen and oxygen atoms in total. The molecule has 3 heterocycles. The van der Waals surface area contributed by atoms with Gasteiger partial charge in [-0.05, 0) is 47.5 Å². The van der Waals surface area contributed by atoms with Gasteiger partial charge in [-0.15, -0.1) is 0 Å². The van der Waals surface area contributed by atoms with Gasteiger partial charge in [0.05, 0.1) is 11.0 Å². The zero-order chi connectivity index (χ0) is 33.0. The van der Waals surface area contributed by atoms with Crippen LogP contribution in [0.1, 0.15) is 0 Å². The molecule has 0 aliphatic rings. The van der Waals surface area contributed by atoms with Crippen molar-refractivity contribution in [2.45, 2.75) is 0 Å². The van der Waals surface area contributed by atoms with Crippen LogP contribution in [0.25, 0.3) is 94.7 Å². The van der Waals surface area contributed by atoms with Crippen molar-refractivity contribution < 1.29 is 4.42 Å². The van der Waals surface area contributed by atoms with E-state index in [2.05, 4.69) is 95.6 Å². The van der Waals surface area contributed by atoms with E-state index in [-0.39, 0.29) is 0 Å². The molecule has 234 valence electrons. The largest absolute Gasteiger partial charge is 0.456 e. The second kappa shape index (κ2) is 11.4. The third kappa shape index (κ3) is 4.52. The number of hydrogen-bond donors (Lipinski definition) is 0. The molecular formula is C45H28N4O. The average Bonchev–Trinajstić information content (AvgIpc) is 3.74. The SMILES string of the molecule is c1ccc(-c2nc(-c3ccccc3)nc(-c3cccc4oc5cccc(-c6ccc7c8ccccc8n(-c8ccccc8)c7c6)c5c34)n2)cc1. The monoisotopic (exact) mass is 640 g/mol. The lowest BCUT2D eigenvalue weighted by molar-refractivity contribution is 0.669. The highest BCUT2D eigenvalue weighted by molar-refractivity contribution is 6.18. The van der Waals surface area contributed by atoms with E-state index in [1.807, 2.05) is 78.9 Å². The minimum Gasteiger partial charge on any atom is -0.456 e. The summed E-state index contributed by atoms with van der Waals surface area (Å²) in [4.78, 5) is 15.1. The Balaban J connectivity index is 1.23. The van der Waals surface area contributed by atoms with Gasteiger partial charge in [-0.25, -0.2) is 15.0 Å². The van der Waals surface area contributed by atoms with E-state index < -0.39 is 0 Å². The van der Waals surface area contributed by atoms with Gasteiger partial charge in [-0.2, -0.15) is 0 Å². The Hall–Kier alpha value is -6.85. The van der Waals surface area contributed by atoms with Gasteiger partial charge >= 0.3 is 0 Å². The third-order valence-electron chi connectivity index (χ3n) is 9.46. The summed E-state index contributed by atoms with van der Waals surface area (Å²) in [5.74, 6) is 1.85. The predicted molar refractivity (Wildman–Crippen MR) is 203 cm³/mol. The van der Waals surface area contributed by atoms with Crippen LogP contribution < -0.4 is 0 Å². The summed E-state index contributed by atoms with van der Waals surface area (Å²) in [6.07, 6.45) is 0. The number of hydrogen-bond acceptors (Lipinski definition) is 4. The Morgan fingerprint density at radius 2 is 0.920 bits per heavy atom. The minimum absolute atomic E-state index is 0.598. The first-order valence-corrected chi connectivity index (χ1v) is 16.7. The van der Waals surface area contributed by atoms with E-state index >= 15 is 0 Å². The normalized spacial score (nSPS) is 11.6. The van der Waals surface area contributed by atoms with Gasteiger partial charge in [0.25, 0.3) is 0 Å². The van der Waals surface area contributed by atoms with Gasteiger partial charge in [0, 0.05) is 43.9 Å². The predicted octanol–water partition coefficient (Wildman–Crippen LogP) is 11.5. The summed E-state index contributed by atoms with van der Waals surface area (Å²) in [7, 11) is 0. The Labute approximate surface area is 287 Å². The van der Waals surface area contributed by atoms with Crippen molar-refractivity contribution in [3.63, 3.8) is 0 Å². The number of fused-ring (bicyclic) bond motifs is 6. The summed E-state index contributed by atoms with van der Waals surface area (Å²) < 4.78 is 8.91. The van der Waals surface area contributed by atoms with Crippen molar-refractivity contribution in [1.82, 2.24) is 19.5 Å². The lowest BCUT2D eigenvalue weighted by Gasteiger charge is -2.11. The van der Waals surface area contributed by atoms with Crippen LogP contribution in [-0.4, -0.2) is 19.5 Å². The fourth-order valence-corrected chi connectivity index (χ4v) is 7.22. The van der Waals surface area contributed by atoms with Gasteiger partial charge in [-0.3, -0.25) is 0 Å². The molecular weight excluding hydrogens is 613 g/mol. The first kappa shape index (κ1) is 28.2. The van der Waals surface area contributed by atoms with Crippen molar-refractivity contribution in [2.24, 2.45) is 0 Å². The van der Waals surface area contributed by atoms with Gasteiger partial charge in [0.2, 0.25) is 0 Å². The van der Waals surface area contributed by atoms with Crippen molar-refractivity contribution in [3.8, 4) is 51.0 Å². The standard InChI is InChI=1S/C45H28N4O/c1-4-14-29(15-5-1)43-46-44(30-16-6-2-7-17-30)48-45(47-43)36-22-13-25-40-42(36)41-33(21-12-24-39(41)50-40)31-26-27-35-34-20-10-11-23-37(34)49(38(35)28-31)32-18-8-3-9-19-32/h1-28H. The molecule has 0 amide bonds. The maximum atomic E-state index is 6.56. The third-order valence-corrected chi connectivity index (χ3v) is 9.46. The highest BCUT2D eigenvalue weighted by atomic mass is 16.3. The first-order valence-electron chi connectivity index (χ1n) is 16.7. The number of furan rings is 1. The Morgan fingerprint density at radius 3 is 1.60 bits per heavy atom. The second-order valence-electron chi connectivity index (χ2n) is 12.4. The summed E-state index contributed by atoms with van der Waals surface area (Å²) in [5.41, 5.74) is 10.00. The zero-order valence-corrected chi connectivity index (χ0v) is 26.9. The van der Waals surface area contributed by atoms with E-state index in [1.54, 1.807) is 0 Å². The number of para-hydroxylation sites is 2. The highest BCUT2D eigenvalue weighted by Crippen LogP contribution is 2.43. The first-order chi connectivity index (χ1) is 24.8. The fraction of sp³-hybridized carbons (Fsp3) is 0. The van der Waals surface area contributed by atoms with Gasteiger partial charge in [0.15, 0.2) is 17.5 Å². The van der Waals surface area contributed by atoms with Crippen LogP contribution in [0.4, 0.5) is 0 Å². The molecule has 0 saturated carbocycles. The van der Waals surface area contributed by atoms with Gasteiger partial charge < -0.3 is 8.98 Å². The number of benzene rings is 7. The number of nitrogens with zero attached hydrogens (tertiary/aromatic N) is 4. The van der Waals surface area contributed by atoms with Crippen LogP contribution in [0.3, 0.4) is 0 Å². The molecule has 5 heteroatoms. The molecule has 0 aliphatic heterocycles. The number of rotatable bonds is 5. The van der Waals surface area contributed by atoms with Gasteiger partial charge in [0.1, 0.15) is 11.2 Å². The molecule has 0 atom stereocenters. The highest BCUT2D eigenvalue weighted by Gasteiger charge is 2.21. The van der Waals surface area contributed by atoms with Crippen LogP contribution in [0, 0.1) is 0 Å². The molecule has 10 aromatic rings. The van der Waals surface area contributed by atoms with Crippen LogP contribution in [0.5, 0.6) is 0 Å². The second-order valence-corrected chi connectivity index (χ2v) is 12.4. The van der Waals surface area contributed by atoms with E-state index in [9.17, 15) is 0 Å². The maximum Gasteiger partial charge on any atom is 0.164 e. The molecule has 0 unspecified atom stereocenters. The van der Waals surface area contributed by atoms with Crippen molar-refractivity contribution in [1.29, 1.82) is 0 Å². The van der Waals surface area contributed by atoms with Crippen molar-refractivity contribution >= 4 is 43.7 Å². The molecule has 3 aromatic heterocycles. The quantitative estimate of drug-likeness (QED) is 0.188. The van der Waals surface area contributed by atoms with Crippen LogP contribution in [0.2, 0.25) is 0 Å². The number of aromatic nitrogens is 4. The molecule has 0 saturated heterocycles. The maximum absolute atomic E-state index is 6.56. The Bertz CT molecular complexity index is 2800. The van der Waals surface area contributed by atoms with Crippen LogP contribution in [-0.2, 0) is 0 Å². The summed E-state index contributed by atoms with van der Waals surface area (Å²) in [5, 5.41) is 4.45. The lowest BCUT2D eigenvalue weighted by Crippen LogP contribution is -2.00. The lowest BCUT2D eigenvalue weighted by atomic mass is 9.96. The molecule has 0 spiro atoms. The zero-order valence-electron chi connectivity index (χ0n) is 26.9.